The molecule has 0 bridgehead atoms. The smallest absolute Gasteiger partial charge is 0.275 e. The molecule has 0 aliphatic rings. The van der Waals surface area contributed by atoms with Gasteiger partial charge in [0.25, 0.3) is 5.91 Å². The lowest BCUT2D eigenvalue weighted by atomic mass is 10.3. The third-order valence-electron chi connectivity index (χ3n) is 2.01. The first kappa shape index (κ1) is 11.5. The molecule has 0 aliphatic heterocycles. The van der Waals surface area contributed by atoms with Crippen molar-refractivity contribution in [1.82, 2.24) is 9.97 Å². The Labute approximate surface area is 106 Å². The number of carbonyl (C=O) groups is 1. The fraction of sp³-hybridized carbons (Fsp3) is 0. The predicted molar refractivity (Wildman–Crippen MR) is 68.5 cm³/mol. The summed E-state index contributed by atoms with van der Waals surface area (Å²) < 4.78 is 0.706. The molecule has 2 heterocycles. The molecule has 6 heteroatoms. The van der Waals surface area contributed by atoms with Crippen LogP contribution in [-0.4, -0.2) is 15.9 Å². The Morgan fingerprint density at radius 3 is 2.82 bits per heavy atom. The summed E-state index contributed by atoms with van der Waals surface area (Å²) in [4.78, 5) is 19.8. The van der Waals surface area contributed by atoms with Crippen LogP contribution in [0, 0.1) is 0 Å². The van der Waals surface area contributed by atoms with Gasteiger partial charge in [0.2, 0.25) is 0 Å². The lowest BCUT2D eigenvalue weighted by Crippen LogP contribution is -2.15. The summed E-state index contributed by atoms with van der Waals surface area (Å²) in [6.07, 6.45) is 3.07. The van der Waals surface area contributed by atoms with Crippen LogP contribution < -0.4 is 11.1 Å². The van der Waals surface area contributed by atoms with Crippen LogP contribution >= 0.6 is 15.9 Å². The highest BCUT2D eigenvalue weighted by molar-refractivity contribution is 9.10. The summed E-state index contributed by atoms with van der Waals surface area (Å²) in [6.45, 7) is 0. The van der Waals surface area contributed by atoms with Gasteiger partial charge in [-0.3, -0.25) is 9.78 Å². The average molecular weight is 293 g/mol. The molecule has 86 valence electrons. The summed E-state index contributed by atoms with van der Waals surface area (Å²) in [5, 5.41) is 2.64. The fourth-order valence-corrected chi connectivity index (χ4v) is 1.57. The number of rotatable bonds is 2. The minimum absolute atomic E-state index is 0.252. The monoisotopic (exact) mass is 292 g/mol. The summed E-state index contributed by atoms with van der Waals surface area (Å²) in [5.41, 5.74) is 6.32. The highest BCUT2D eigenvalue weighted by Crippen LogP contribution is 2.18. The Bertz CT molecular complexity index is 559. The van der Waals surface area contributed by atoms with Gasteiger partial charge >= 0.3 is 0 Å². The largest absolute Gasteiger partial charge is 0.399 e. The van der Waals surface area contributed by atoms with E-state index in [0.29, 0.717) is 16.0 Å². The van der Waals surface area contributed by atoms with Gasteiger partial charge in [0.15, 0.2) is 0 Å². The zero-order chi connectivity index (χ0) is 12.3. The lowest BCUT2D eigenvalue weighted by molar-refractivity contribution is 0.102. The molecule has 3 N–H and O–H groups in total. The van der Waals surface area contributed by atoms with E-state index in [9.17, 15) is 4.79 Å². The van der Waals surface area contributed by atoms with Crippen LogP contribution in [0.1, 0.15) is 10.5 Å². The van der Waals surface area contributed by atoms with E-state index in [0.717, 1.165) is 0 Å². The van der Waals surface area contributed by atoms with Gasteiger partial charge < -0.3 is 11.1 Å². The van der Waals surface area contributed by atoms with Crippen LogP contribution in [0.2, 0.25) is 0 Å². The molecule has 0 saturated carbocycles. The standard InChI is InChI=1S/C11H9BrN4O/c12-8-2-1-4-15-10(8)16-11(17)9-6-7(13)3-5-14-9/h1-6H,(H2,13,14)(H,15,16,17). The zero-order valence-corrected chi connectivity index (χ0v) is 10.3. The SMILES string of the molecule is Nc1ccnc(C(=O)Nc2ncccc2Br)c1. The fourth-order valence-electron chi connectivity index (χ4n) is 1.22. The number of nitrogens with zero attached hydrogens (tertiary/aromatic N) is 2. The van der Waals surface area contributed by atoms with Gasteiger partial charge in [0.1, 0.15) is 11.5 Å². The van der Waals surface area contributed by atoms with E-state index in [1.807, 2.05) is 0 Å². The number of anilines is 2. The average Bonchev–Trinajstić information content (AvgIpc) is 2.32. The van der Waals surface area contributed by atoms with Crippen molar-refractivity contribution in [2.24, 2.45) is 0 Å². The van der Waals surface area contributed by atoms with E-state index in [4.69, 9.17) is 5.73 Å². The predicted octanol–water partition coefficient (Wildman–Crippen LogP) is 2.07. The van der Waals surface area contributed by atoms with Crippen molar-refractivity contribution >= 4 is 33.3 Å². The van der Waals surface area contributed by atoms with Crippen molar-refractivity contribution in [3.8, 4) is 0 Å². The second-order valence-electron chi connectivity index (χ2n) is 3.26. The highest BCUT2D eigenvalue weighted by Gasteiger charge is 2.10. The molecule has 2 rings (SSSR count). The molecular weight excluding hydrogens is 284 g/mol. The van der Waals surface area contributed by atoms with Crippen molar-refractivity contribution in [3.05, 3.63) is 46.8 Å². The third-order valence-corrected chi connectivity index (χ3v) is 2.65. The Morgan fingerprint density at radius 2 is 2.12 bits per heavy atom. The summed E-state index contributed by atoms with van der Waals surface area (Å²) in [6, 6.07) is 6.67. The van der Waals surface area contributed by atoms with Crippen molar-refractivity contribution < 1.29 is 4.79 Å². The quantitative estimate of drug-likeness (QED) is 0.888. The third kappa shape index (κ3) is 2.79. The number of halogens is 1. The number of pyridine rings is 2. The summed E-state index contributed by atoms with van der Waals surface area (Å²) in [5.74, 6) is 0.0958. The molecule has 0 spiro atoms. The van der Waals surface area contributed by atoms with E-state index in [1.165, 1.54) is 12.3 Å². The van der Waals surface area contributed by atoms with Crippen molar-refractivity contribution in [3.63, 3.8) is 0 Å². The topological polar surface area (TPSA) is 80.9 Å². The molecule has 0 aromatic carbocycles. The van der Waals surface area contributed by atoms with Gasteiger partial charge in [-0.1, -0.05) is 0 Å². The van der Waals surface area contributed by atoms with E-state index >= 15 is 0 Å². The minimum atomic E-state index is -0.350. The van der Waals surface area contributed by atoms with E-state index < -0.39 is 0 Å². The lowest BCUT2D eigenvalue weighted by Gasteiger charge is -2.05. The zero-order valence-electron chi connectivity index (χ0n) is 8.72. The summed E-state index contributed by atoms with van der Waals surface area (Å²) in [7, 11) is 0. The number of hydrogen-bond acceptors (Lipinski definition) is 4. The number of hydrogen-bond donors (Lipinski definition) is 2. The first-order valence-electron chi connectivity index (χ1n) is 4.80. The molecule has 2 aromatic heterocycles. The van der Waals surface area contributed by atoms with Crippen LogP contribution in [0.15, 0.2) is 41.1 Å². The maximum absolute atomic E-state index is 11.8. The molecule has 17 heavy (non-hydrogen) atoms. The van der Waals surface area contributed by atoms with Crippen molar-refractivity contribution in [2.75, 3.05) is 11.1 Å². The Kier molecular flexibility index (Phi) is 3.34. The molecule has 0 atom stereocenters. The first-order valence-corrected chi connectivity index (χ1v) is 5.59. The minimum Gasteiger partial charge on any atom is -0.399 e. The van der Waals surface area contributed by atoms with Gasteiger partial charge in [0, 0.05) is 18.1 Å². The Balaban J connectivity index is 2.20. The van der Waals surface area contributed by atoms with Crippen molar-refractivity contribution in [1.29, 1.82) is 0 Å². The number of nitrogen functional groups attached to an aromatic ring is 1. The van der Waals surface area contributed by atoms with E-state index in [2.05, 4.69) is 31.2 Å². The number of nitrogens with one attached hydrogen (secondary N) is 1. The van der Waals surface area contributed by atoms with Gasteiger partial charge in [-0.05, 0) is 40.2 Å². The molecule has 0 aliphatic carbocycles. The normalized spacial score (nSPS) is 9.94. The molecular formula is C11H9BrN4O. The van der Waals surface area contributed by atoms with Crippen LogP contribution in [0.4, 0.5) is 11.5 Å². The van der Waals surface area contributed by atoms with Crippen LogP contribution in [0.5, 0.6) is 0 Å². The molecule has 0 radical (unpaired) electrons. The van der Waals surface area contributed by atoms with Gasteiger partial charge in [-0.15, -0.1) is 0 Å². The van der Waals surface area contributed by atoms with Crippen LogP contribution in [-0.2, 0) is 0 Å². The van der Waals surface area contributed by atoms with Crippen LogP contribution in [0.25, 0.3) is 0 Å². The van der Waals surface area contributed by atoms with Gasteiger partial charge in [-0.2, -0.15) is 0 Å². The number of carbonyl (C=O) groups excluding carboxylic acids is 1. The van der Waals surface area contributed by atoms with Gasteiger partial charge in [-0.25, -0.2) is 4.98 Å². The molecule has 2 aromatic rings. The summed E-state index contributed by atoms with van der Waals surface area (Å²) >= 11 is 3.29. The second kappa shape index (κ2) is 4.92. The van der Waals surface area contributed by atoms with E-state index in [1.54, 1.807) is 24.4 Å². The Hall–Kier alpha value is -1.95. The molecule has 1 amide bonds. The molecule has 0 unspecified atom stereocenters. The molecule has 0 fully saturated rings. The van der Waals surface area contributed by atoms with E-state index in [-0.39, 0.29) is 11.6 Å². The van der Waals surface area contributed by atoms with Crippen LogP contribution in [0.3, 0.4) is 0 Å². The molecule has 0 saturated heterocycles. The van der Waals surface area contributed by atoms with Crippen molar-refractivity contribution in [2.45, 2.75) is 0 Å². The Morgan fingerprint density at radius 1 is 1.29 bits per heavy atom. The van der Waals surface area contributed by atoms with Gasteiger partial charge in [0.05, 0.1) is 4.47 Å². The maximum Gasteiger partial charge on any atom is 0.275 e. The number of amides is 1. The first-order chi connectivity index (χ1) is 8.16. The number of aromatic nitrogens is 2. The number of nitrogens with two attached hydrogens (primary N) is 1. The maximum atomic E-state index is 11.8. The second-order valence-corrected chi connectivity index (χ2v) is 4.12. The molecule has 5 nitrogen and oxygen atoms in total. The highest BCUT2D eigenvalue weighted by atomic mass is 79.9.